The van der Waals surface area contributed by atoms with Crippen LogP contribution in [0.15, 0.2) is 12.5 Å². The number of H-pyrrole nitrogens is 1. The van der Waals surface area contributed by atoms with Crippen LogP contribution in [-0.4, -0.2) is 62.9 Å². The maximum atomic E-state index is 12.8. The van der Waals surface area contributed by atoms with E-state index in [1.54, 1.807) is 13.8 Å². The summed E-state index contributed by atoms with van der Waals surface area (Å²) in [6.45, 7) is 8.68. The number of amides is 3. The summed E-state index contributed by atoms with van der Waals surface area (Å²) in [4.78, 5) is 55.7. The minimum Gasteiger partial charge on any atom is -0.480 e. The number of hydrogen-bond donors (Lipinski definition) is 6. The number of carboxylic acids is 1. The molecule has 0 saturated heterocycles. The number of rotatable bonds is 12. The van der Waals surface area contributed by atoms with Crippen LogP contribution in [0, 0.1) is 11.8 Å². The predicted molar refractivity (Wildman–Crippen MR) is 114 cm³/mol. The van der Waals surface area contributed by atoms with Crippen molar-refractivity contribution in [2.45, 2.75) is 71.6 Å². The van der Waals surface area contributed by atoms with Gasteiger partial charge in [0.2, 0.25) is 17.7 Å². The Bertz CT molecular complexity index is 749. The number of aromatic amines is 1. The molecule has 0 radical (unpaired) electrons. The molecule has 4 unspecified atom stereocenters. The molecule has 0 saturated carbocycles. The summed E-state index contributed by atoms with van der Waals surface area (Å²) in [6.07, 6.45) is 3.46. The lowest BCUT2D eigenvalue weighted by atomic mass is 10.0. The van der Waals surface area contributed by atoms with Crippen LogP contribution in [0.5, 0.6) is 0 Å². The highest BCUT2D eigenvalue weighted by Crippen LogP contribution is 2.06. The largest absolute Gasteiger partial charge is 0.480 e. The van der Waals surface area contributed by atoms with E-state index >= 15 is 0 Å². The van der Waals surface area contributed by atoms with Crippen LogP contribution in [0.1, 0.15) is 46.7 Å². The van der Waals surface area contributed by atoms with Crippen molar-refractivity contribution in [3.05, 3.63) is 18.2 Å². The van der Waals surface area contributed by atoms with Crippen molar-refractivity contribution in [3.8, 4) is 0 Å². The van der Waals surface area contributed by atoms with Crippen LogP contribution in [0.25, 0.3) is 0 Å². The number of carbonyl (C=O) groups is 4. The molecule has 31 heavy (non-hydrogen) atoms. The summed E-state index contributed by atoms with van der Waals surface area (Å²) in [5.74, 6) is -3.02. The number of imidazole rings is 1. The normalized spacial score (nSPS) is 15.1. The Morgan fingerprint density at radius 2 is 1.68 bits per heavy atom. The van der Waals surface area contributed by atoms with Gasteiger partial charge < -0.3 is 31.8 Å². The van der Waals surface area contributed by atoms with Gasteiger partial charge in [-0.05, 0) is 25.2 Å². The number of hydrogen-bond acceptors (Lipinski definition) is 6. The van der Waals surface area contributed by atoms with Gasteiger partial charge in [0.1, 0.15) is 18.1 Å². The van der Waals surface area contributed by atoms with Gasteiger partial charge in [0.25, 0.3) is 0 Å². The SMILES string of the molecule is CC(C)CC(N)C(=O)NC(C)C(=O)NC(Cc1cnc[nH]1)C(=O)NC(C(=O)O)C(C)C. The summed E-state index contributed by atoms with van der Waals surface area (Å²) in [5.41, 5.74) is 6.42. The van der Waals surface area contributed by atoms with Gasteiger partial charge in [-0.2, -0.15) is 0 Å². The van der Waals surface area contributed by atoms with E-state index in [1.807, 2.05) is 13.8 Å². The molecule has 0 fully saturated rings. The number of carbonyl (C=O) groups excluding carboxylic acids is 3. The van der Waals surface area contributed by atoms with Crippen LogP contribution in [0.3, 0.4) is 0 Å². The van der Waals surface area contributed by atoms with Crippen LogP contribution in [0.2, 0.25) is 0 Å². The molecule has 11 nitrogen and oxygen atoms in total. The van der Waals surface area contributed by atoms with Crippen molar-refractivity contribution >= 4 is 23.7 Å². The molecule has 174 valence electrons. The van der Waals surface area contributed by atoms with E-state index < -0.39 is 47.9 Å². The molecule has 7 N–H and O–H groups in total. The lowest BCUT2D eigenvalue weighted by molar-refractivity contribution is -0.143. The highest BCUT2D eigenvalue weighted by Gasteiger charge is 2.30. The zero-order valence-electron chi connectivity index (χ0n) is 18.6. The second kappa shape index (κ2) is 12.0. The Morgan fingerprint density at radius 1 is 1.03 bits per heavy atom. The van der Waals surface area contributed by atoms with Crippen molar-refractivity contribution in [1.82, 2.24) is 25.9 Å². The molecule has 0 bridgehead atoms. The molecule has 1 heterocycles. The third kappa shape index (κ3) is 8.75. The second-order valence-electron chi connectivity index (χ2n) is 8.38. The van der Waals surface area contributed by atoms with Crippen molar-refractivity contribution in [1.29, 1.82) is 0 Å². The fourth-order valence-electron chi connectivity index (χ4n) is 2.89. The van der Waals surface area contributed by atoms with Crippen LogP contribution >= 0.6 is 0 Å². The Kier molecular flexibility index (Phi) is 10.1. The number of aromatic nitrogens is 2. The third-order valence-electron chi connectivity index (χ3n) is 4.66. The van der Waals surface area contributed by atoms with E-state index in [-0.39, 0.29) is 18.3 Å². The highest BCUT2D eigenvalue weighted by atomic mass is 16.4. The number of nitrogens with one attached hydrogen (secondary N) is 4. The van der Waals surface area contributed by atoms with E-state index in [4.69, 9.17) is 5.73 Å². The monoisotopic (exact) mass is 438 g/mol. The molecular weight excluding hydrogens is 404 g/mol. The maximum absolute atomic E-state index is 12.8. The minimum absolute atomic E-state index is 0.0650. The maximum Gasteiger partial charge on any atom is 0.326 e. The van der Waals surface area contributed by atoms with Crippen molar-refractivity contribution < 1.29 is 24.3 Å². The summed E-state index contributed by atoms with van der Waals surface area (Å²) in [7, 11) is 0. The quantitative estimate of drug-likeness (QED) is 0.255. The lowest BCUT2D eigenvalue weighted by Gasteiger charge is -2.24. The molecule has 1 aromatic heterocycles. The first-order valence-corrected chi connectivity index (χ1v) is 10.3. The molecular formula is C20H34N6O5. The summed E-state index contributed by atoms with van der Waals surface area (Å²) >= 11 is 0. The molecule has 0 spiro atoms. The summed E-state index contributed by atoms with van der Waals surface area (Å²) < 4.78 is 0. The molecule has 4 atom stereocenters. The smallest absolute Gasteiger partial charge is 0.326 e. The number of carboxylic acid groups (broad SMARTS) is 1. The van der Waals surface area contributed by atoms with E-state index in [2.05, 4.69) is 25.9 Å². The average Bonchev–Trinajstić information content (AvgIpc) is 3.17. The molecule has 11 heteroatoms. The fraction of sp³-hybridized carbons (Fsp3) is 0.650. The third-order valence-corrected chi connectivity index (χ3v) is 4.66. The van der Waals surface area contributed by atoms with Gasteiger partial charge in [0.05, 0.1) is 12.4 Å². The Labute approximate surface area is 181 Å². The van der Waals surface area contributed by atoms with Crippen LogP contribution < -0.4 is 21.7 Å². The highest BCUT2D eigenvalue weighted by molar-refractivity contribution is 5.94. The van der Waals surface area contributed by atoms with E-state index in [0.717, 1.165) is 0 Å². The zero-order valence-corrected chi connectivity index (χ0v) is 18.6. The zero-order chi connectivity index (χ0) is 23.7. The number of nitrogens with two attached hydrogens (primary N) is 1. The molecule has 0 aliphatic carbocycles. The van der Waals surface area contributed by atoms with Gasteiger partial charge in [-0.15, -0.1) is 0 Å². The molecule has 1 rings (SSSR count). The Morgan fingerprint density at radius 3 is 2.16 bits per heavy atom. The topological polar surface area (TPSA) is 179 Å². The van der Waals surface area contributed by atoms with Gasteiger partial charge in [0, 0.05) is 18.3 Å². The molecule has 1 aromatic rings. The standard InChI is InChI=1S/C20H34N6O5/c1-10(2)6-14(21)18(28)24-12(5)17(27)25-15(7-13-8-22-9-23-13)19(29)26-16(11(3)4)20(30)31/h8-12,14-16H,6-7,21H2,1-5H3,(H,22,23)(H,24,28)(H,25,27)(H,26,29)(H,30,31). The van der Waals surface area contributed by atoms with E-state index in [0.29, 0.717) is 12.1 Å². The van der Waals surface area contributed by atoms with Crippen LogP contribution in [-0.2, 0) is 25.6 Å². The predicted octanol–water partition coefficient (Wildman–Crippen LogP) is -0.459. The van der Waals surface area contributed by atoms with Gasteiger partial charge >= 0.3 is 5.97 Å². The second-order valence-corrected chi connectivity index (χ2v) is 8.38. The van der Waals surface area contributed by atoms with Crippen molar-refractivity contribution in [2.24, 2.45) is 17.6 Å². The molecule has 0 aliphatic rings. The first-order chi connectivity index (χ1) is 14.4. The lowest BCUT2D eigenvalue weighted by Crippen LogP contribution is -2.57. The van der Waals surface area contributed by atoms with Crippen molar-refractivity contribution in [3.63, 3.8) is 0 Å². The van der Waals surface area contributed by atoms with Gasteiger partial charge in [-0.1, -0.05) is 27.7 Å². The van der Waals surface area contributed by atoms with Gasteiger partial charge in [-0.25, -0.2) is 9.78 Å². The van der Waals surface area contributed by atoms with E-state index in [9.17, 15) is 24.3 Å². The Hall–Kier alpha value is -2.95. The average molecular weight is 439 g/mol. The van der Waals surface area contributed by atoms with E-state index in [1.165, 1.54) is 19.4 Å². The van der Waals surface area contributed by atoms with Crippen molar-refractivity contribution in [2.75, 3.05) is 0 Å². The Balaban J connectivity index is 2.86. The van der Waals surface area contributed by atoms with Gasteiger partial charge in [0.15, 0.2) is 0 Å². The molecule has 0 aliphatic heterocycles. The summed E-state index contributed by atoms with van der Waals surface area (Å²) in [6, 6.07) is -3.87. The summed E-state index contributed by atoms with van der Waals surface area (Å²) in [5, 5.41) is 16.9. The first-order valence-electron chi connectivity index (χ1n) is 10.3. The number of nitrogens with zero attached hydrogens (tertiary/aromatic N) is 1. The number of aliphatic carboxylic acids is 1. The van der Waals surface area contributed by atoms with Crippen LogP contribution in [0.4, 0.5) is 0 Å². The fourth-order valence-corrected chi connectivity index (χ4v) is 2.89. The molecule has 0 aromatic carbocycles. The molecule has 3 amide bonds. The minimum atomic E-state index is -1.17. The van der Waals surface area contributed by atoms with Gasteiger partial charge in [-0.3, -0.25) is 14.4 Å². The first kappa shape index (κ1) is 26.1.